The number of amides is 3. The highest BCUT2D eigenvalue weighted by Gasteiger charge is 2.25. The molecule has 0 atom stereocenters. The molecule has 3 amide bonds. The Hall–Kier alpha value is -3.88. The summed E-state index contributed by atoms with van der Waals surface area (Å²) < 4.78 is 40.0. The van der Waals surface area contributed by atoms with E-state index in [1.807, 2.05) is 4.90 Å². The van der Waals surface area contributed by atoms with Gasteiger partial charge in [-0.25, -0.2) is 8.42 Å². The van der Waals surface area contributed by atoms with Crippen molar-refractivity contribution in [2.24, 2.45) is 0 Å². The van der Waals surface area contributed by atoms with Crippen molar-refractivity contribution >= 4 is 56.6 Å². The number of hydrogen-bond acceptors (Lipinski definition) is 8. The Labute approximate surface area is 277 Å². The maximum absolute atomic E-state index is 13.2. The molecule has 15 heteroatoms. The van der Waals surface area contributed by atoms with Crippen LogP contribution in [0.3, 0.4) is 0 Å². The highest BCUT2D eigenvalue weighted by atomic mass is 35.5. The fourth-order valence-electron chi connectivity index (χ4n) is 4.93. The number of hydrogen-bond donors (Lipinski definition) is 2. The molecule has 2 saturated heterocycles. The lowest BCUT2D eigenvalue weighted by Crippen LogP contribution is -2.54. The van der Waals surface area contributed by atoms with Crippen LogP contribution in [0.1, 0.15) is 10.4 Å². The first-order valence-corrected chi connectivity index (χ1v) is 16.8. The number of piperazine rings is 1. The highest BCUT2D eigenvalue weighted by molar-refractivity contribution is 7.92. The van der Waals surface area contributed by atoms with Crippen molar-refractivity contribution in [2.45, 2.75) is 4.90 Å². The van der Waals surface area contributed by atoms with Crippen LogP contribution in [-0.4, -0.2) is 106 Å². The molecule has 2 heterocycles. The van der Waals surface area contributed by atoms with E-state index in [0.29, 0.717) is 69.8 Å². The summed E-state index contributed by atoms with van der Waals surface area (Å²) in [6, 6.07) is 16.5. The first kappa shape index (κ1) is 33.5. The van der Waals surface area contributed by atoms with Crippen LogP contribution < -0.4 is 14.8 Å². The minimum Gasteiger partial charge on any atom is -0.454 e. The molecule has 3 aromatic rings. The molecule has 0 bridgehead atoms. The molecule has 0 saturated carbocycles. The summed E-state index contributed by atoms with van der Waals surface area (Å²) in [6.07, 6.45) is 0. The van der Waals surface area contributed by atoms with Crippen LogP contribution in [0.5, 0.6) is 11.5 Å². The minimum atomic E-state index is -4.06. The second-order valence-corrected chi connectivity index (χ2v) is 13.2. The van der Waals surface area contributed by atoms with Gasteiger partial charge in [-0.3, -0.25) is 24.0 Å². The molecular weight excluding hydrogens is 657 g/mol. The van der Waals surface area contributed by atoms with Crippen molar-refractivity contribution in [3.05, 3.63) is 82.3 Å². The van der Waals surface area contributed by atoms with E-state index in [-0.39, 0.29) is 45.3 Å². The summed E-state index contributed by atoms with van der Waals surface area (Å²) in [4.78, 5) is 43.4. The average molecular weight is 691 g/mol. The number of anilines is 1. The van der Waals surface area contributed by atoms with Gasteiger partial charge >= 0.3 is 0 Å². The van der Waals surface area contributed by atoms with Crippen LogP contribution in [0.2, 0.25) is 10.0 Å². The normalized spacial score (nSPS) is 15.7. The van der Waals surface area contributed by atoms with Gasteiger partial charge in [0.2, 0.25) is 11.8 Å². The van der Waals surface area contributed by atoms with Crippen LogP contribution in [0.25, 0.3) is 0 Å². The third kappa shape index (κ3) is 8.68. The molecule has 0 radical (unpaired) electrons. The van der Waals surface area contributed by atoms with Crippen molar-refractivity contribution < 1.29 is 32.3 Å². The SMILES string of the molecule is O=C(NCC(=O)N1CCN(CC(=O)N2CCOCC2)CC1)c1ccc(S(=O)(=O)Nc2ccccc2Oc2ccc(Cl)cc2Cl)cc1. The molecule has 5 rings (SSSR count). The number of rotatable bonds is 10. The Balaban J connectivity index is 1.11. The number of carbonyl (C=O) groups excluding carboxylic acids is 3. The number of benzene rings is 3. The largest absolute Gasteiger partial charge is 0.454 e. The Morgan fingerprint density at radius 1 is 0.804 bits per heavy atom. The van der Waals surface area contributed by atoms with Crippen LogP contribution in [-0.2, 0) is 24.3 Å². The van der Waals surface area contributed by atoms with Gasteiger partial charge in [0.15, 0.2) is 5.75 Å². The van der Waals surface area contributed by atoms with Crippen LogP contribution >= 0.6 is 23.2 Å². The molecule has 244 valence electrons. The maximum Gasteiger partial charge on any atom is 0.262 e. The van der Waals surface area contributed by atoms with E-state index in [2.05, 4.69) is 10.0 Å². The summed E-state index contributed by atoms with van der Waals surface area (Å²) in [5.74, 6) is -0.179. The first-order valence-electron chi connectivity index (χ1n) is 14.6. The zero-order valence-corrected chi connectivity index (χ0v) is 27.1. The first-order chi connectivity index (χ1) is 22.1. The summed E-state index contributed by atoms with van der Waals surface area (Å²) in [7, 11) is -4.06. The van der Waals surface area contributed by atoms with Crippen molar-refractivity contribution in [2.75, 3.05) is 70.3 Å². The summed E-state index contributed by atoms with van der Waals surface area (Å²) in [5.41, 5.74) is 0.373. The van der Waals surface area contributed by atoms with Gasteiger partial charge in [0.1, 0.15) is 5.75 Å². The van der Waals surface area contributed by atoms with Crippen LogP contribution in [0.4, 0.5) is 5.69 Å². The van der Waals surface area contributed by atoms with Gasteiger partial charge in [-0.2, -0.15) is 0 Å². The highest BCUT2D eigenvalue weighted by Crippen LogP contribution is 2.35. The van der Waals surface area contributed by atoms with E-state index in [9.17, 15) is 22.8 Å². The number of ether oxygens (including phenoxy) is 2. The van der Waals surface area contributed by atoms with E-state index in [1.54, 1.807) is 46.2 Å². The lowest BCUT2D eigenvalue weighted by molar-refractivity contribution is -0.137. The van der Waals surface area contributed by atoms with Gasteiger partial charge in [-0.15, -0.1) is 0 Å². The van der Waals surface area contributed by atoms with Crippen molar-refractivity contribution in [3.8, 4) is 11.5 Å². The predicted molar refractivity (Wildman–Crippen MR) is 173 cm³/mol. The molecule has 2 N–H and O–H groups in total. The van der Waals surface area contributed by atoms with E-state index < -0.39 is 15.9 Å². The number of para-hydroxylation sites is 2. The van der Waals surface area contributed by atoms with Crippen molar-refractivity contribution in [3.63, 3.8) is 0 Å². The molecule has 2 aliphatic rings. The van der Waals surface area contributed by atoms with E-state index >= 15 is 0 Å². The Kier molecular flexibility index (Phi) is 11.0. The summed E-state index contributed by atoms with van der Waals surface area (Å²) in [5, 5.41) is 3.29. The molecule has 0 aliphatic carbocycles. The number of sulfonamides is 1. The molecule has 2 fully saturated rings. The zero-order valence-electron chi connectivity index (χ0n) is 24.8. The second kappa shape index (κ2) is 15.1. The zero-order chi connectivity index (χ0) is 32.7. The molecule has 12 nitrogen and oxygen atoms in total. The summed E-state index contributed by atoms with van der Waals surface area (Å²) in [6.45, 7) is 4.41. The lowest BCUT2D eigenvalue weighted by atomic mass is 10.2. The molecule has 2 aliphatic heterocycles. The molecule has 0 spiro atoms. The van der Waals surface area contributed by atoms with Crippen molar-refractivity contribution in [1.82, 2.24) is 20.0 Å². The lowest BCUT2D eigenvalue weighted by Gasteiger charge is -2.36. The smallest absolute Gasteiger partial charge is 0.262 e. The van der Waals surface area contributed by atoms with Crippen LogP contribution in [0.15, 0.2) is 71.6 Å². The second-order valence-electron chi connectivity index (χ2n) is 10.6. The summed E-state index contributed by atoms with van der Waals surface area (Å²) >= 11 is 12.2. The molecular formula is C31H33Cl2N5O7S. The van der Waals surface area contributed by atoms with Gasteiger partial charge in [-0.1, -0.05) is 35.3 Å². The Morgan fingerprint density at radius 3 is 2.17 bits per heavy atom. The Morgan fingerprint density at radius 2 is 1.48 bits per heavy atom. The van der Waals surface area contributed by atoms with E-state index in [1.165, 1.54) is 30.3 Å². The quantitative estimate of drug-likeness (QED) is 0.331. The van der Waals surface area contributed by atoms with Gasteiger partial charge in [0.05, 0.1) is 41.9 Å². The average Bonchev–Trinajstić information content (AvgIpc) is 3.06. The Bertz CT molecular complexity index is 1680. The monoisotopic (exact) mass is 689 g/mol. The molecule has 46 heavy (non-hydrogen) atoms. The van der Waals surface area contributed by atoms with Gasteiger partial charge < -0.3 is 24.6 Å². The standard InChI is InChI=1S/C31H33Cl2N5O7S/c32-23-7-10-27(25(33)19-23)45-28-4-2-1-3-26(28)35-46(42,43)24-8-5-22(6-9-24)31(41)34-20-29(39)37-13-11-36(12-14-37)21-30(40)38-15-17-44-18-16-38/h1-10,19,35H,11-18,20-21H2,(H,34,41). The number of carbonyl (C=O) groups is 3. The molecule has 3 aromatic carbocycles. The third-order valence-corrected chi connectivity index (χ3v) is 9.43. The number of halogens is 2. The molecule has 0 unspecified atom stereocenters. The van der Waals surface area contributed by atoms with Gasteiger partial charge in [-0.05, 0) is 54.6 Å². The molecule has 0 aromatic heterocycles. The van der Waals surface area contributed by atoms with E-state index in [4.69, 9.17) is 32.7 Å². The minimum absolute atomic E-state index is 0.0586. The topological polar surface area (TPSA) is 138 Å². The number of nitrogens with one attached hydrogen (secondary N) is 2. The fourth-order valence-corrected chi connectivity index (χ4v) is 6.45. The number of nitrogens with zero attached hydrogens (tertiary/aromatic N) is 3. The van der Waals surface area contributed by atoms with Gasteiger partial charge in [0, 0.05) is 49.9 Å². The van der Waals surface area contributed by atoms with Crippen LogP contribution in [0, 0.1) is 0 Å². The maximum atomic E-state index is 13.2. The fraction of sp³-hybridized carbons (Fsp3) is 0.323. The number of morpholine rings is 1. The van der Waals surface area contributed by atoms with E-state index in [0.717, 1.165) is 0 Å². The predicted octanol–water partition coefficient (Wildman–Crippen LogP) is 3.32. The van der Waals surface area contributed by atoms with Gasteiger partial charge in [0.25, 0.3) is 15.9 Å². The third-order valence-electron chi connectivity index (χ3n) is 7.52. The van der Waals surface area contributed by atoms with Crippen molar-refractivity contribution in [1.29, 1.82) is 0 Å².